The molecule has 0 aromatic carbocycles. The van der Waals surface area contributed by atoms with E-state index in [1.807, 2.05) is 0 Å². The Hall–Kier alpha value is -0.570. The summed E-state index contributed by atoms with van der Waals surface area (Å²) in [6, 6.07) is 0. The van der Waals surface area contributed by atoms with Crippen LogP contribution in [0.15, 0.2) is 0 Å². The van der Waals surface area contributed by atoms with Crippen molar-refractivity contribution in [1.82, 2.24) is 4.90 Å². The molecule has 1 saturated heterocycles. The maximum Gasteiger partial charge on any atom is 0.251 e. The minimum Gasteiger partial charge on any atom is -0.384 e. The van der Waals surface area contributed by atoms with E-state index in [4.69, 9.17) is 5.11 Å². The number of piperidine rings is 1. The zero-order valence-electron chi connectivity index (χ0n) is 6.92. The van der Waals surface area contributed by atoms with Gasteiger partial charge in [-0.15, -0.1) is 0 Å². The first kappa shape index (κ1) is 8.53. The van der Waals surface area contributed by atoms with Crippen molar-refractivity contribution >= 4 is 5.91 Å². The smallest absolute Gasteiger partial charge is 0.251 e. The maximum absolute atomic E-state index is 11.2. The molecule has 0 bridgehead atoms. The van der Waals surface area contributed by atoms with Crippen LogP contribution < -0.4 is 0 Å². The van der Waals surface area contributed by atoms with Gasteiger partial charge in [0.1, 0.15) is 6.10 Å². The Bertz CT molecular complexity index is 139. The molecule has 0 spiro atoms. The lowest BCUT2D eigenvalue weighted by Gasteiger charge is -2.27. The van der Waals surface area contributed by atoms with Crippen molar-refractivity contribution in [2.24, 2.45) is 0 Å². The molecule has 0 aromatic heterocycles. The van der Waals surface area contributed by atoms with Gasteiger partial charge in [0.15, 0.2) is 0 Å². The summed E-state index contributed by atoms with van der Waals surface area (Å²) in [7, 11) is 0. The van der Waals surface area contributed by atoms with E-state index in [9.17, 15) is 4.79 Å². The van der Waals surface area contributed by atoms with Gasteiger partial charge < -0.3 is 10.0 Å². The predicted octanol–water partition coefficient (Wildman–Crippen LogP) is 0.380. The largest absolute Gasteiger partial charge is 0.384 e. The average molecular weight is 157 g/mol. The highest BCUT2D eigenvalue weighted by Crippen LogP contribution is 2.09. The maximum atomic E-state index is 11.2. The van der Waals surface area contributed by atoms with Crippen LogP contribution in [0.3, 0.4) is 0 Å². The van der Waals surface area contributed by atoms with Crippen LogP contribution in [0, 0.1) is 0 Å². The van der Waals surface area contributed by atoms with Gasteiger partial charge in [-0.1, -0.05) is 0 Å². The van der Waals surface area contributed by atoms with E-state index in [0.717, 1.165) is 25.9 Å². The normalized spacial score (nSPS) is 21.5. The van der Waals surface area contributed by atoms with E-state index >= 15 is 0 Å². The molecule has 1 fully saturated rings. The summed E-state index contributed by atoms with van der Waals surface area (Å²) in [5, 5.41) is 8.98. The molecule has 3 nitrogen and oxygen atoms in total. The van der Waals surface area contributed by atoms with E-state index in [1.54, 1.807) is 4.90 Å². The second-order valence-electron chi connectivity index (χ2n) is 3.06. The Kier molecular flexibility index (Phi) is 2.88. The van der Waals surface area contributed by atoms with Gasteiger partial charge in [-0.2, -0.15) is 0 Å². The number of amides is 1. The third kappa shape index (κ3) is 2.19. The lowest BCUT2D eigenvalue weighted by molar-refractivity contribution is -0.140. The van der Waals surface area contributed by atoms with Gasteiger partial charge >= 0.3 is 0 Å². The minimum absolute atomic E-state index is 0.121. The molecule has 0 saturated carbocycles. The summed E-state index contributed by atoms with van der Waals surface area (Å²) < 4.78 is 0. The van der Waals surface area contributed by atoms with Gasteiger partial charge in [0.05, 0.1) is 0 Å². The van der Waals surface area contributed by atoms with E-state index in [0.29, 0.717) is 0 Å². The average Bonchev–Trinajstić information content (AvgIpc) is 2.05. The molecule has 3 heteroatoms. The Balaban J connectivity index is 2.39. The highest BCUT2D eigenvalue weighted by atomic mass is 16.3. The molecule has 1 amide bonds. The predicted molar refractivity (Wildman–Crippen MR) is 42.1 cm³/mol. The molecule has 1 aliphatic heterocycles. The number of rotatable bonds is 1. The fourth-order valence-corrected chi connectivity index (χ4v) is 1.38. The Morgan fingerprint density at radius 2 is 1.91 bits per heavy atom. The molecule has 11 heavy (non-hydrogen) atoms. The number of carbonyl (C=O) groups excluding carboxylic acids is 1. The highest BCUT2D eigenvalue weighted by molar-refractivity contribution is 5.80. The fraction of sp³-hybridized carbons (Fsp3) is 0.875. The third-order valence-electron chi connectivity index (χ3n) is 2.03. The topological polar surface area (TPSA) is 40.5 Å². The number of aliphatic hydroxyl groups is 1. The first-order chi connectivity index (χ1) is 5.22. The van der Waals surface area contributed by atoms with Crippen LogP contribution in [0.4, 0.5) is 0 Å². The number of carbonyl (C=O) groups is 1. The van der Waals surface area contributed by atoms with Crippen molar-refractivity contribution in [3.63, 3.8) is 0 Å². The molecule has 64 valence electrons. The first-order valence-corrected chi connectivity index (χ1v) is 4.18. The second kappa shape index (κ2) is 3.72. The number of aliphatic hydroxyl groups excluding tert-OH is 1. The van der Waals surface area contributed by atoms with Gasteiger partial charge in [0.2, 0.25) is 0 Å². The Morgan fingerprint density at radius 1 is 1.36 bits per heavy atom. The summed E-state index contributed by atoms with van der Waals surface area (Å²) in [6.45, 7) is 3.17. The molecular weight excluding hydrogens is 142 g/mol. The molecule has 1 rings (SSSR count). The fourth-order valence-electron chi connectivity index (χ4n) is 1.38. The van der Waals surface area contributed by atoms with Gasteiger partial charge in [0, 0.05) is 13.1 Å². The van der Waals surface area contributed by atoms with Crippen LogP contribution in [0.5, 0.6) is 0 Å². The summed E-state index contributed by atoms with van der Waals surface area (Å²) in [5.41, 5.74) is 0. The SMILES string of the molecule is CC(O)C(=O)N1CCCCC1. The highest BCUT2D eigenvalue weighted by Gasteiger charge is 2.19. The number of likely N-dealkylation sites (tertiary alicyclic amines) is 1. The van der Waals surface area contributed by atoms with Crippen LogP contribution in [0.1, 0.15) is 26.2 Å². The van der Waals surface area contributed by atoms with Crippen LogP contribution in [-0.4, -0.2) is 35.1 Å². The van der Waals surface area contributed by atoms with E-state index in [2.05, 4.69) is 0 Å². The molecule has 0 radical (unpaired) electrons. The molecule has 1 N–H and O–H groups in total. The molecule has 1 aliphatic rings. The second-order valence-corrected chi connectivity index (χ2v) is 3.06. The van der Waals surface area contributed by atoms with E-state index in [1.165, 1.54) is 13.3 Å². The molecule has 1 unspecified atom stereocenters. The molecule has 0 aromatic rings. The Labute approximate surface area is 67.0 Å². The summed E-state index contributed by atoms with van der Waals surface area (Å²) in [6.07, 6.45) is 2.55. The summed E-state index contributed by atoms with van der Waals surface area (Å²) in [5.74, 6) is -0.121. The Morgan fingerprint density at radius 3 is 2.36 bits per heavy atom. The molecule has 1 heterocycles. The van der Waals surface area contributed by atoms with Crippen molar-refractivity contribution in [2.45, 2.75) is 32.3 Å². The van der Waals surface area contributed by atoms with E-state index in [-0.39, 0.29) is 5.91 Å². The molecule has 0 aliphatic carbocycles. The molecule has 1 atom stereocenters. The van der Waals surface area contributed by atoms with Gasteiger partial charge in [-0.25, -0.2) is 0 Å². The van der Waals surface area contributed by atoms with Crippen molar-refractivity contribution in [2.75, 3.05) is 13.1 Å². The number of hydrogen-bond acceptors (Lipinski definition) is 2. The van der Waals surface area contributed by atoms with Crippen molar-refractivity contribution in [1.29, 1.82) is 0 Å². The van der Waals surface area contributed by atoms with Crippen LogP contribution in [0.2, 0.25) is 0 Å². The van der Waals surface area contributed by atoms with Crippen molar-refractivity contribution in [3.05, 3.63) is 0 Å². The zero-order valence-corrected chi connectivity index (χ0v) is 6.92. The number of hydrogen-bond donors (Lipinski definition) is 1. The molecular formula is C8H15NO2. The lowest BCUT2D eigenvalue weighted by Crippen LogP contribution is -2.40. The van der Waals surface area contributed by atoms with Crippen molar-refractivity contribution < 1.29 is 9.90 Å². The summed E-state index contributed by atoms with van der Waals surface area (Å²) in [4.78, 5) is 12.9. The minimum atomic E-state index is -0.826. The van der Waals surface area contributed by atoms with Gasteiger partial charge in [-0.3, -0.25) is 4.79 Å². The van der Waals surface area contributed by atoms with Crippen LogP contribution >= 0.6 is 0 Å². The van der Waals surface area contributed by atoms with Crippen LogP contribution in [0.25, 0.3) is 0 Å². The summed E-state index contributed by atoms with van der Waals surface area (Å²) >= 11 is 0. The van der Waals surface area contributed by atoms with E-state index < -0.39 is 6.10 Å². The standard InChI is InChI=1S/C8H15NO2/c1-7(10)8(11)9-5-3-2-4-6-9/h7,10H,2-6H2,1H3. The van der Waals surface area contributed by atoms with Crippen LogP contribution in [-0.2, 0) is 4.79 Å². The third-order valence-corrected chi connectivity index (χ3v) is 2.03. The monoisotopic (exact) mass is 157 g/mol. The van der Waals surface area contributed by atoms with Gasteiger partial charge in [0.25, 0.3) is 5.91 Å². The zero-order chi connectivity index (χ0) is 8.27. The van der Waals surface area contributed by atoms with Gasteiger partial charge in [-0.05, 0) is 26.2 Å². The first-order valence-electron chi connectivity index (χ1n) is 4.18. The number of nitrogens with zero attached hydrogens (tertiary/aromatic N) is 1. The lowest BCUT2D eigenvalue weighted by atomic mass is 10.1. The van der Waals surface area contributed by atoms with Crippen molar-refractivity contribution in [3.8, 4) is 0 Å². The quantitative estimate of drug-likeness (QED) is 0.597.